The molecule has 0 radical (unpaired) electrons. The van der Waals surface area contributed by atoms with Crippen LogP contribution in [-0.4, -0.2) is 41.8 Å². The number of carbonyl (C=O) groups excluding carboxylic acids is 1. The Balaban J connectivity index is 1.21. The molecule has 2 amide bonds. The molecule has 1 saturated heterocycles. The molecule has 2 heterocycles. The number of methoxy groups -OCH3 is 1. The van der Waals surface area contributed by atoms with Gasteiger partial charge in [-0.25, -0.2) is 9.78 Å². The van der Waals surface area contributed by atoms with Crippen LogP contribution in [0.5, 0.6) is 5.75 Å². The smallest absolute Gasteiger partial charge is 0.315 e. The number of hydrogen-bond donors (Lipinski definition) is 2. The van der Waals surface area contributed by atoms with Crippen molar-refractivity contribution in [2.24, 2.45) is 0 Å². The molecule has 1 fully saturated rings. The third-order valence-corrected chi connectivity index (χ3v) is 5.64. The zero-order valence-electron chi connectivity index (χ0n) is 17.8. The molecule has 1 aromatic heterocycles. The minimum Gasteiger partial charge on any atom is -0.497 e. The molecule has 7 heteroatoms. The Morgan fingerprint density at radius 1 is 1.13 bits per heavy atom. The molecule has 7 nitrogen and oxygen atoms in total. The number of anilines is 1. The molecule has 0 aliphatic carbocycles. The molecule has 2 N–H and O–H groups in total. The van der Waals surface area contributed by atoms with E-state index >= 15 is 0 Å². The molecule has 0 bridgehead atoms. The van der Waals surface area contributed by atoms with Gasteiger partial charge in [0, 0.05) is 50.3 Å². The van der Waals surface area contributed by atoms with E-state index in [1.165, 1.54) is 11.3 Å². The van der Waals surface area contributed by atoms with Crippen molar-refractivity contribution in [2.75, 3.05) is 25.1 Å². The van der Waals surface area contributed by atoms with Crippen molar-refractivity contribution in [3.8, 4) is 5.75 Å². The molecule has 2 aromatic carbocycles. The van der Waals surface area contributed by atoms with Crippen LogP contribution in [0.4, 0.5) is 10.5 Å². The van der Waals surface area contributed by atoms with E-state index in [2.05, 4.69) is 44.8 Å². The largest absolute Gasteiger partial charge is 0.497 e. The van der Waals surface area contributed by atoms with Gasteiger partial charge in [0.2, 0.25) is 0 Å². The first-order valence-corrected chi connectivity index (χ1v) is 10.7. The van der Waals surface area contributed by atoms with Gasteiger partial charge in [0.05, 0.1) is 13.4 Å². The number of aromatic nitrogens is 2. The van der Waals surface area contributed by atoms with Crippen LogP contribution in [0.15, 0.2) is 67.3 Å². The van der Waals surface area contributed by atoms with Crippen LogP contribution in [0.25, 0.3) is 0 Å². The van der Waals surface area contributed by atoms with E-state index in [4.69, 9.17) is 4.74 Å². The van der Waals surface area contributed by atoms with Crippen molar-refractivity contribution in [1.82, 2.24) is 20.2 Å². The molecule has 1 aliphatic rings. The van der Waals surface area contributed by atoms with Gasteiger partial charge in [0.15, 0.2) is 0 Å². The minimum absolute atomic E-state index is 0.108. The molecule has 3 aromatic rings. The average Bonchev–Trinajstić information content (AvgIpc) is 3.32. The molecule has 4 rings (SSSR count). The molecule has 0 atom stereocenters. The number of amides is 2. The van der Waals surface area contributed by atoms with Crippen LogP contribution >= 0.6 is 0 Å². The highest BCUT2D eigenvalue weighted by Gasteiger charge is 2.20. The minimum atomic E-state index is -0.108. The molecule has 0 spiro atoms. The lowest BCUT2D eigenvalue weighted by Crippen LogP contribution is -2.47. The highest BCUT2D eigenvalue weighted by atomic mass is 16.5. The second-order valence-electron chi connectivity index (χ2n) is 7.84. The summed E-state index contributed by atoms with van der Waals surface area (Å²) >= 11 is 0. The summed E-state index contributed by atoms with van der Waals surface area (Å²) in [6.07, 6.45) is 7.38. The Kier molecular flexibility index (Phi) is 6.72. The Morgan fingerprint density at radius 3 is 2.61 bits per heavy atom. The monoisotopic (exact) mass is 419 g/mol. The van der Waals surface area contributed by atoms with E-state index in [0.717, 1.165) is 43.8 Å². The summed E-state index contributed by atoms with van der Waals surface area (Å²) in [4.78, 5) is 18.8. The topological polar surface area (TPSA) is 71.4 Å². The summed E-state index contributed by atoms with van der Waals surface area (Å²) < 4.78 is 7.25. The summed E-state index contributed by atoms with van der Waals surface area (Å²) in [7, 11) is 1.68. The van der Waals surface area contributed by atoms with Crippen molar-refractivity contribution < 1.29 is 9.53 Å². The Bertz CT molecular complexity index is 964. The van der Waals surface area contributed by atoms with Gasteiger partial charge >= 0.3 is 6.03 Å². The van der Waals surface area contributed by atoms with Crippen molar-refractivity contribution in [2.45, 2.75) is 32.0 Å². The number of nitrogens with one attached hydrogen (secondary N) is 2. The zero-order valence-corrected chi connectivity index (χ0v) is 17.8. The summed E-state index contributed by atoms with van der Waals surface area (Å²) in [6, 6.07) is 16.5. The molecule has 0 saturated carbocycles. The Morgan fingerprint density at radius 2 is 1.90 bits per heavy atom. The van der Waals surface area contributed by atoms with Crippen molar-refractivity contribution in [3.05, 3.63) is 78.4 Å². The SMILES string of the molecule is COc1ccc(N2CCC(NC(=O)NCc3cccc(Cn4ccnc4)c3)CC2)cc1. The third kappa shape index (κ3) is 5.78. The van der Waals surface area contributed by atoms with Gasteiger partial charge in [-0.05, 0) is 48.2 Å². The molecule has 0 unspecified atom stereocenters. The van der Waals surface area contributed by atoms with Gasteiger partial charge in [0.25, 0.3) is 0 Å². The summed E-state index contributed by atoms with van der Waals surface area (Å²) in [5.74, 6) is 0.865. The van der Waals surface area contributed by atoms with Crippen LogP contribution in [0.3, 0.4) is 0 Å². The normalized spacial score (nSPS) is 14.3. The van der Waals surface area contributed by atoms with Crippen LogP contribution < -0.4 is 20.3 Å². The predicted octanol–water partition coefficient (Wildman–Crippen LogP) is 3.41. The highest BCUT2D eigenvalue weighted by Crippen LogP contribution is 2.22. The van der Waals surface area contributed by atoms with Crippen LogP contribution in [-0.2, 0) is 13.1 Å². The van der Waals surface area contributed by atoms with E-state index < -0.39 is 0 Å². The van der Waals surface area contributed by atoms with Gasteiger partial charge in [-0.15, -0.1) is 0 Å². The van der Waals surface area contributed by atoms with E-state index in [0.29, 0.717) is 6.54 Å². The van der Waals surface area contributed by atoms with Crippen LogP contribution in [0.2, 0.25) is 0 Å². The zero-order chi connectivity index (χ0) is 21.5. The molecule has 1 aliphatic heterocycles. The summed E-state index contributed by atoms with van der Waals surface area (Å²) in [5.41, 5.74) is 3.46. The van der Waals surface area contributed by atoms with E-state index in [-0.39, 0.29) is 12.1 Å². The molecule has 31 heavy (non-hydrogen) atoms. The van der Waals surface area contributed by atoms with Gasteiger partial charge < -0.3 is 24.8 Å². The fourth-order valence-electron chi connectivity index (χ4n) is 3.92. The van der Waals surface area contributed by atoms with Gasteiger partial charge in [0.1, 0.15) is 5.75 Å². The number of piperidine rings is 1. The highest BCUT2D eigenvalue weighted by molar-refractivity contribution is 5.74. The van der Waals surface area contributed by atoms with Crippen molar-refractivity contribution in [3.63, 3.8) is 0 Å². The lowest BCUT2D eigenvalue weighted by atomic mass is 10.0. The number of carbonyl (C=O) groups is 1. The number of hydrogen-bond acceptors (Lipinski definition) is 4. The lowest BCUT2D eigenvalue weighted by Gasteiger charge is -2.34. The van der Waals surface area contributed by atoms with Crippen LogP contribution in [0, 0.1) is 0 Å². The van der Waals surface area contributed by atoms with Crippen LogP contribution in [0.1, 0.15) is 24.0 Å². The lowest BCUT2D eigenvalue weighted by molar-refractivity contribution is 0.234. The number of urea groups is 1. The number of rotatable bonds is 7. The fourth-order valence-corrected chi connectivity index (χ4v) is 3.92. The maximum Gasteiger partial charge on any atom is 0.315 e. The van der Waals surface area contributed by atoms with E-state index in [1.54, 1.807) is 19.6 Å². The summed E-state index contributed by atoms with van der Waals surface area (Å²) in [6.45, 7) is 3.13. The molecular weight excluding hydrogens is 390 g/mol. The quantitative estimate of drug-likeness (QED) is 0.616. The predicted molar refractivity (Wildman–Crippen MR) is 121 cm³/mol. The Hall–Kier alpha value is -3.48. The maximum absolute atomic E-state index is 12.4. The van der Waals surface area contributed by atoms with Gasteiger partial charge in [-0.3, -0.25) is 0 Å². The fraction of sp³-hybridized carbons (Fsp3) is 0.333. The van der Waals surface area contributed by atoms with E-state index in [1.807, 2.05) is 35.0 Å². The third-order valence-electron chi connectivity index (χ3n) is 5.64. The first kappa shape index (κ1) is 20.8. The Labute approximate surface area is 183 Å². The van der Waals surface area contributed by atoms with Crippen molar-refractivity contribution >= 4 is 11.7 Å². The summed E-state index contributed by atoms with van der Waals surface area (Å²) in [5, 5.41) is 6.11. The second kappa shape index (κ2) is 10.0. The second-order valence-corrected chi connectivity index (χ2v) is 7.84. The molecule has 162 valence electrons. The number of nitrogens with zero attached hydrogens (tertiary/aromatic N) is 3. The first-order valence-electron chi connectivity index (χ1n) is 10.7. The number of imidazole rings is 1. The van der Waals surface area contributed by atoms with Gasteiger partial charge in [-0.2, -0.15) is 0 Å². The van der Waals surface area contributed by atoms with Gasteiger partial charge in [-0.1, -0.05) is 24.3 Å². The number of benzene rings is 2. The van der Waals surface area contributed by atoms with E-state index in [9.17, 15) is 4.79 Å². The van der Waals surface area contributed by atoms with Crippen molar-refractivity contribution in [1.29, 1.82) is 0 Å². The molecular formula is C24H29N5O2. The maximum atomic E-state index is 12.4. The first-order chi connectivity index (χ1) is 15.2. The average molecular weight is 420 g/mol. The standard InChI is InChI=1S/C24H29N5O2/c1-31-23-7-5-22(6-8-23)29-12-9-21(10-13-29)27-24(30)26-16-19-3-2-4-20(15-19)17-28-14-11-25-18-28/h2-8,11,14-15,18,21H,9-10,12-13,16-17H2,1H3,(H2,26,27,30). The number of ether oxygens (including phenoxy) is 1.